The van der Waals surface area contributed by atoms with Crippen molar-refractivity contribution in [1.29, 1.82) is 0 Å². The first kappa shape index (κ1) is 10.4. The molecule has 1 aliphatic rings. The molecule has 1 heterocycles. The van der Waals surface area contributed by atoms with Gasteiger partial charge in [0.2, 0.25) is 0 Å². The highest BCUT2D eigenvalue weighted by Crippen LogP contribution is 2.16. The van der Waals surface area contributed by atoms with Crippen LogP contribution in [-0.4, -0.2) is 30.1 Å². The van der Waals surface area contributed by atoms with E-state index in [1.807, 2.05) is 0 Å². The first-order valence-electron chi connectivity index (χ1n) is 4.86. The van der Waals surface area contributed by atoms with Gasteiger partial charge in [-0.25, -0.2) is 0 Å². The van der Waals surface area contributed by atoms with Crippen molar-refractivity contribution in [2.24, 2.45) is 5.73 Å². The maximum Gasteiger partial charge on any atom is 0.00827 e. The Kier molecular flexibility index (Phi) is 5.04. The van der Waals surface area contributed by atoms with Crippen LogP contribution in [0.25, 0.3) is 0 Å². The predicted molar refractivity (Wildman–Crippen MR) is 56.6 cm³/mol. The van der Waals surface area contributed by atoms with Gasteiger partial charge in [-0.1, -0.05) is 0 Å². The zero-order chi connectivity index (χ0) is 8.81. The minimum atomic E-state index is 0.343. The molecule has 0 aromatic carbocycles. The van der Waals surface area contributed by atoms with E-state index in [1.165, 1.54) is 24.3 Å². The first-order valence-corrected chi connectivity index (χ1v) is 6.01. The van der Waals surface area contributed by atoms with Crippen molar-refractivity contribution in [2.75, 3.05) is 18.1 Å². The zero-order valence-corrected chi connectivity index (χ0v) is 8.70. The summed E-state index contributed by atoms with van der Waals surface area (Å²) >= 11 is 2.07. The largest absolute Gasteiger partial charge is 0.328 e. The second kappa shape index (κ2) is 5.84. The van der Waals surface area contributed by atoms with Gasteiger partial charge < -0.3 is 11.1 Å². The van der Waals surface area contributed by atoms with Gasteiger partial charge in [0.15, 0.2) is 0 Å². The van der Waals surface area contributed by atoms with Gasteiger partial charge >= 0.3 is 0 Å². The van der Waals surface area contributed by atoms with E-state index in [9.17, 15) is 0 Å². The van der Waals surface area contributed by atoms with Gasteiger partial charge in [0.1, 0.15) is 0 Å². The van der Waals surface area contributed by atoms with Crippen LogP contribution in [0.2, 0.25) is 0 Å². The van der Waals surface area contributed by atoms with E-state index in [-0.39, 0.29) is 0 Å². The molecular weight excluding hydrogens is 168 g/mol. The minimum absolute atomic E-state index is 0.343. The van der Waals surface area contributed by atoms with Gasteiger partial charge in [-0.2, -0.15) is 11.8 Å². The van der Waals surface area contributed by atoms with E-state index in [4.69, 9.17) is 5.73 Å². The number of nitrogens with two attached hydrogens (primary N) is 1. The zero-order valence-electron chi connectivity index (χ0n) is 7.88. The first-order chi connectivity index (χ1) is 5.79. The van der Waals surface area contributed by atoms with Gasteiger partial charge in [-0.05, 0) is 44.2 Å². The number of hydrogen-bond donors (Lipinski definition) is 2. The standard InChI is InChI=1S/C9H20N2S/c1-8(10)2-5-11-9-3-6-12-7-4-9/h8-9,11H,2-7,10H2,1H3. The fourth-order valence-electron chi connectivity index (χ4n) is 1.42. The molecule has 1 aliphatic heterocycles. The summed E-state index contributed by atoms with van der Waals surface area (Å²) in [5, 5.41) is 3.56. The van der Waals surface area contributed by atoms with Crippen LogP contribution in [0.15, 0.2) is 0 Å². The molecule has 0 radical (unpaired) electrons. The van der Waals surface area contributed by atoms with Crippen LogP contribution < -0.4 is 11.1 Å². The number of nitrogens with one attached hydrogen (secondary N) is 1. The van der Waals surface area contributed by atoms with Crippen molar-refractivity contribution < 1.29 is 0 Å². The van der Waals surface area contributed by atoms with E-state index >= 15 is 0 Å². The molecule has 0 saturated carbocycles. The third kappa shape index (κ3) is 4.33. The SMILES string of the molecule is CC(N)CCNC1CCSCC1. The lowest BCUT2D eigenvalue weighted by Crippen LogP contribution is -2.35. The Bertz CT molecular complexity index is 111. The van der Waals surface area contributed by atoms with E-state index < -0.39 is 0 Å². The molecule has 0 aliphatic carbocycles. The molecule has 0 amide bonds. The summed E-state index contributed by atoms with van der Waals surface area (Å²) < 4.78 is 0. The van der Waals surface area contributed by atoms with E-state index in [0.717, 1.165) is 19.0 Å². The molecule has 1 fully saturated rings. The molecule has 1 saturated heterocycles. The normalized spacial score (nSPS) is 22.5. The van der Waals surface area contributed by atoms with Crippen LogP contribution >= 0.6 is 11.8 Å². The number of hydrogen-bond acceptors (Lipinski definition) is 3. The van der Waals surface area contributed by atoms with Crippen molar-refractivity contribution in [1.82, 2.24) is 5.32 Å². The molecule has 0 aromatic rings. The molecule has 0 aromatic heterocycles. The van der Waals surface area contributed by atoms with Crippen LogP contribution in [-0.2, 0) is 0 Å². The molecule has 3 heteroatoms. The van der Waals surface area contributed by atoms with Gasteiger partial charge in [0.25, 0.3) is 0 Å². The highest BCUT2D eigenvalue weighted by molar-refractivity contribution is 7.99. The van der Waals surface area contributed by atoms with Gasteiger partial charge in [-0.3, -0.25) is 0 Å². The Balaban J connectivity index is 1.98. The van der Waals surface area contributed by atoms with Crippen molar-refractivity contribution in [3.63, 3.8) is 0 Å². The van der Waals surface area contributed by atoms with Crippen LogP contribution in [0.5, 0.6) is 0 Å². The molecule has 72 valence electrons. The third-order valence-corrected chi connectivity index (χ3v) is 3.30. The van der Waals surface area contributed by atoms with Gasteiger partial charge in [-0.15, -0.1) is 0 Å². The van der Waals surface area contributed by atoms with Crippen molar-refractivity contribution >= 4 is 11.8 Å². The maximum atomic E-state index is 5.66. The highest BCUT2D eigenvalue weighted by Gasteiger charge is 2.12. The van der Waals surface area contributed by atoms with Crippen molar-refractivity contribution in [3.05, 3.63) is 0 Å². The molecule has 12 heavy (non-hydrogen) atoms. The van der Waals surface area contributed by atoms with Crippen LogP contribution in [0.3, 0.4) is 0 Å². The maximum absolute atomic E-state index is 5.66. The van der Waals surface area contributed by atoms with Gasteiger partial charge in [0, 0.05) is 12.1 Å². The number of thioether (sulfide) groups is 1. The lowest BCUT2D eigenvalue weighted by molar-refractivity contribution is 0.464. The molecule has 0 spiro atoms. The summed E-state index contributed by atoms with van der Waals surface area (Å²) in [6.07, 6.45) is 3.77. The fraction of sp³-hybridized carbons (Fsp3) is 1.00. The summed E-state index contributed by atoms with van der Waals surface area (Å²) in [5.41, 5.74) is 5.66. The summed E-state index contributed by atoms with van der Waals surface area (Å²) in [6.45, 7) is 3.16. The summed E-state index contributed by atoms with van der Waals surface area (Å²) in [4.78, 5) is 0. The van der Waals surface area contributed by atoms with Crippen LogP contribution in [0.4, 0.5) is 0 Å². The second-order valence-corrected chi connectivity index (χ2v) is 4.83. The van der Waals surface area contributed by atoms with Crippen LogP contribution in [0.1, 0.15) is 26.2 Å². The molecule has 3 N–H and O–H groups in total. The Hall–Kier alpha value is 0.270. The van der Waals surface area contributed by atoms with E-state index in [1.54, 1.807) is 0 Å². The highest BCUT2D eigenvalue weighted by atomic mass is 32.2. The lowest BCUT2D eigenvalue weighted by atomic mass is 10.1. The minimum Gasteiger partial charge on any atom is -0.328 e. The fourth-order valence-corrected chi connectivity index (χ4v) is 2.52. The monoisotopic (exact) mass is 188 g/mol. The average Bonchev–Trinajstić information content (AvgIpc) is 2.05. The Morgan fingerprint density at radius 3 is 2.75 bits per heavy atom. The Morgan fingerprint density at radius 1 is 1.50 bits per heavy atom. The summed E-state index contributed by atoms with van der Waals surface area (Å²) in [6, 6.07) is 1.11. The number of rotatable bonds is 4. The molecule has 2 nitrogen and oxygen atoms in total. The smallest absolute Gasteiger partial charge is 0.00827 e. The molecule has 0 bridgehead atoms. The predicted octanol–water partition coefficient (Wildman–Crippen LogP) is 1.21. The quantitative estimate of drug-likeness (QED) is 0.696. The van der Waals surface area contributed by atoms with Gasteiger partial charge in [0.05, 0.1) is 0 Å². The van der Waals surface area contributed by atoms with Crippen LogP contribution in [0, 0.1) is 0 Å². The van der Waals surface area contributed by atoms with E-state index in [2.05, 4.69) is 24.0 Å². The Labute approximate surface area is 79.7 Å². The van der Waals surface area contributed by atoms with Crippen molar-refractivity contribution in [2.45, 2.75) is 38.3 Å². The molecule has 1 unspecified atom stereocenters. The summed E-state index contributed by atoms with van der Waals surface area (Å²) in [7, 11) is 0. The molecular formula is C9H20N2S. The summed E-state index contributed by atoms with van der Waals surface area (Å²) in [5.74, 6) is 2.66. The average molecular weight is 188 g/mol. The second-order valence-electron chi connectivity index (χ2n) is 3.61. The third-order valence-electron chi connectivity index (χ3n) is 2.25. The lowest BCUT2D eigenvalue weighted by Gasteiger charge is -2.22. The molecule has 1 rings (SSSR count). The topological polar surface area (TPSA) is 38.0 Å². The Morgan fingerprint density at radius 2 is 2.17 bits per heavy atom. The van der Waals surface area contributed by atoms with E-state index in [0.29, 0.717) is 6.04 Å². The van der Waals surface area contributed by atoms with Crippen molar-refractivity contribution in [3.8, 4) is 0 Å². The molecule has 1 atom stereocenters.